The smallest absolute Gasteiger partial charge is 0.314 e. The summed E-state index contributed by atoms with van der Waals surface area (Å²) in [5, 5.41) is 5.52. The zero-order valence-electron chi connectivity index (χ0n) is 9.60. The molecule has 84 valence electrons. The maximum atomic E-state index is 11.0. The summed E-state index contributed by atoms with van der Waals surface area (Å²) in [7, 11) is 0. The van der Waals surface area contributed by atoms with Crippen molar-refractivity contribution in [2.24, 2.45) is 0 Å². The van der Waals surface area contributed by atoms with Crippen molar-refractivity contribution in [3.63, 3.8) is 0 Å². The fourth-order valence-corrected chi connectivity index (χ4v) is 1.29. The molecule has 0 radical (unpaired) electrons. The van der Waals surface area contributed by atoms with E-state index in [1.807, 2.05) is 6.92 Å². The molecule has 0 heterocycles. The molecule has 14 heavy (non-hydrogen) atoms. The van der Waals surface area contributed by atoms with Crippen molar-refractivity contribution < 1.29 is 4.79 Å². The van der Waals surface area contributed by atoms with Crippen molar-refractivity contribution in [2.75, 3.05) is 32.7 Å². The molecule has 0 spiro atoms. The second-order valence-electron chi connectivity index (χ2n) is 3.22. The van der Waals surface area contributed by atoms with E-state index in [2.05, 4.69) is 29.4 Å². The summed E-state index contributed by atoms with van der Waals surface area (Å²) in [6.07, 6.45) is 1.16. The van der Waals surface area contributed by atoms with Gasteiger partial charge in [-0.25, -0.2) is 4.79 Å². The average molecular weight is 201 g/mol. The van der Waals surface area contributed by atoms with E-state index in [1.165, 1.54) is 0 Å². The third-order valence-corrected chi connectivity index (χ3v) is 2.04. The van der Waals surface area contributed by atoms with E-state index in [-0.39, 0.29) is 6.03 Å². The Labute approximate surface area is 87.0 Å². The summed E-state index contributed by atoms with van der Waals surface area (Å²) >= 11 is 0. The van der Waals surface area contributed by atoms with E-state index in [4.69, 9.17) is 0 Å². The van der Waals surface area contributed by atoms with E-state index in [1.54, 1.807) is 0 Å². The fraction of sp³-hybridized carbons (Fsp3) is 0.900. The maximum absolute atomic E-state index is 11.0. The van der Waals surface area contributed by atoms with Crippen molar-refractivity contribution in [3.8, 4) is 0 Å². The molecule has 0 unspecified atom stereocenters. The molecule has 4 heteroatoms. The Bertz CT molecular complexity index is 150. The number of nitrogens with zero attached hydrogens (tertiary/aromatic N) is 1. The molecule has 2 amide bonds. The monoisotopic (exact) mass is 201 g/mol. The van der Waals surface area contributed by atoms with Crippen LogP contribution >= 0.6 is 0 Å². The van der Waals surface area contributed by atoms with Gasteiger partial charge in [-0.05, 0) is 26.4 Å². The van der Waals surface area contributed by atoms with E-state index < -0.39 is 0 Å². The lowest BCUT2D eigenvalue weighted by atomic mass is 10.4. The number of carbonyl (C=O) groups is 1. The van der Waals surface area contributed by atoms with Crippen LogP contribution in [0.5, 0.6) is 0 Å². The highest BCUT2D eigenvalue weighted by Gasteiger charge is 2.01. The SMILES string of the molecule is CCCN(CC)CCNC(=O)NCC. The summed E-state index contributed by atoms with van der Waals surface area (Å²) in [6.45, 7) is 10.7. The zero-order valence-corrected chi connectivity index (χ0v) is 9.60. The van der Waals surface area contributed by atoms with E-state index >= 15 is 0 Å². The van der Waals surface area contributed by atoms with Gasteiger partial charge in [-0.1, -0.05) is 13.8 Å². The van der Waals surface area contributed by atoms with Crippen LogP contribution < -0.4 is 10.6 Å². The highest BCUT2D eigenvalue weighted by molar-refractivity contribution is 5.73. The zero-order chi connectivity index (χ0) is 10.8. The first-order valence-corrected chi connectivity index (χ1v) is 5.48. The minimum atomic E-state index is -0.0694. The molecule has 0 aromatic carbocycles. The summed E-state index contributed by atoms with van der Waals surface area (Å²) in [6, 6.07) is -0.0694. The minimum Gasteiger partial charge on any atom is -0.338 e. The first-order chi connectivity index (χ1) is 6.74. The Hall–Kier alpha value is -0.770. The second-order valence-corrected chi connectivity index (χ2v) is 3.22. The normalized spacial score (nSPS) is 10.3. The predicted molar refractivity (Wildman–Crippen MR) is 59.5 cm³/mol. The Balaban J connectivity index is 3.45. The Morgan fingerprint density at radius 3 is 2.36 bits per heavy atom. The number of nitrogens with one attached hydrogen (secondary N) is 2. The van der Waals surface area contributed by atoms with Crippen LogP contribution in [0.2, 0.25) is 0 Å². The molecule has 4 nitrogen and oxygen atoms in total. The highest BCUT2D eigenvalue weighted by Crippen LogP contribution is 1.88. The van der Waals surface area contributed by atoms with Crippen LogP contribution in [0, 0.1) is 0 Å². The summed E-state index contributed by atoms with van der Waals surface area (Å²) in [5.41, 5.74) is 0. The average Bonchev–Trinajstić information content (AvgIpc) is 2.17. The number of carbonyl (C=O) groups excluding carboxylic acids is 1. The van der Waals surface area contributed by atoms with Crippen LogP contribution in [0.1, 0.15) is 27.2 Å². The molecule has 0 aromatic rings. The van der Waals surface area contributed by atoms with Crippen LogP contribution in [0.15, 0.2) is 0 Å². The molecule has 0 atom stereocenters. The van der Waals surface area contributed by atoms with Crippen molar-refractivity contribution in [3.05, 3.63) is 0 Å². The van der Waals surface area contributed by atoms with Crippen molar-refractivity contribution >= 4 is 6.03 Å². The molecule has 0 aliphatic carbocycles. The quantitative estimate of drug-likeness (QED) is 0.646. The largest absolute Gasteiger partial charge is 0.338 e. The van der Waals surface area contributed by atoms with Gasteiger partial charge in [0.25, 0.3) is 0 Å². The van der Waals surface area contributed by atoms with Crippen LogP contribution in [0.3, 0.4) is 0 Å². The van der Waals surface area contributed by atoms with Gasteiger partial charge in [0.1, 0.15) is 0 Å². The fourth-order valence-electron chi connectivity index (χ4n) is 1.29. The third-order valence-electron chi connectivity index (χ3n) is 2.04. The summed E-state index contributed by atoms with van der Waals surface area (Å²) in [5.74, 6) is 0. The van der Waals surface area contributed by atoms with Gasteiger partial charge >= 0.3 is 6.03 Å². The molecule has 0 saturated heterocycles. The van der Waals surface area contributed by atoms with Crippen molar-refractivity contribution in [1.82, 2.24) is 15.5 Å². The second kappa shape index (κ2) is 8.81. The molecular formula is C10H23N3O. The van der Waals surface area contributed by atoms with E-state index in [0.717, 1.165) is 32.6 Å². The van der Waals surface area contributed by atoms with Crippen LogP contribution in [0.4, 0.5) is 4.79 Å². The van der Waals surface area contributed by atoms with Gasteiger partial charge in [0.05, 0.1) is 0 Å². The highest BCUT2D eigenvalue weighted by atomic mass is 16.2. The molecule has 0 fully saturated rings. The topological polar surface area (TPSA) is 44.4 Å². The number of hydrogen-bond donors (Lipinski definition) is 2. The molecular weight excluding hydrogens is 178 g/mol. The number of amides is 2. The molecule has 0 aliphatic heterocycles. The molecule has 2 N–H and O–H groups in total. The molecule has 0 rings (SSSR count). The van der Waals surface area contributed by atoms with Gasteiger partial charge < -0.3 is 15.5 Å². The number of rotatable bonds is 7. The molecule has 0 aliphatic rings. The van der Waals surface area contributed by atoms with Crippen LogP contribution in [0.25, 0.3) is 0 Å². The minimum absolute atomic E-state index is 0.0694. The number of likely N-dealkylation sites (N-methyl/N-ethyl adjacent to an activating group) is 1. The van der Waals surface area contributed by atoms with Crippen LogP contribution in [-0.4, -0.2) is 43.7 Å². The lowest BCUT2D eigenvalue weighted by molar-refractivity contribution is 0.236. The van der Waals surface area contributed by atoms with Crippen LogP contribution in [-0.2, 0) is 0 Å². The van der Waals surface area contributed by atoms with Gasteiger partial charge in [0.15, 0.2) is 0 Å². The maximum Gasteiger partial charge on any atom is 0.314 e. The number of urea groups is 1. The molecule has 0 bridgehead atoms. The molecule has 0 saturated carbocycles. The lowest BCUT2D eigenvalue weighted by Crippen LogP contribution is -2.40. The summed E-state index contributed by atoms with van der Waals surface area (Å²) < 4.78 is 0. The van der Waals surface area contributed by atoms with Gasteiger partial charge in [0.2, 0.25) is 0 Å². The van der Waals surface area contributed by atoms with Crippen molar-refractivity contribution in [2.45, 2.75) is 27.2 Å². The summed E-state index contributed by atoms with van der Waals surface area (Å²) in [4.78, 5) is 13.4. The first-order valence-electron chi connectivity index (χ1n) is 5.48. The Kier molecular flexibility index (Phi) is 8.33. The Morgan fingerprint density at radius 2 is 1.86 bits per heavy atom. The predicted octanol–water partition coefficient (Wildman–Crippen LogP) is 1.04. The van der Waals surface area contributed by atoms with Gasteiger partial charge in [-0.2, -0.15) is 0 Å². The van der Waals surface area contributed by atoms with E-state index in [0.29, 0.717) is 6.54 Å². The lowest BCUT2D eigenvalue weighted by Gasteiger charge is -2.19. The Morgan fingerprint density at radius 1 is 1.14 bits per heavy atom. The first kappa shape index (κ1) is 13.2. The standard InChI is InChI=1S/C10H23N3O/c1-4-8-13(6-3)9-7-12-10(14)11-5-2/h4-9H2,1-3H3,(H2,11,12,14). The number of hydrogen-bond acceptors (Lipinski definition) is 2. The van der Waals surface area contributed by atoms with Gasteiger partial charge in [-0.15, -0.1) is 0 Å². The van der Waals surface area contributed by atoms with Gasteiger partial charge in [-0.3, -0.25) is 0 Å². The van der Waals surface area contributed by atoms with Gasteiger partial charge in [0, 0.05) is 19.6 Å². The third kappa shape index (κ3) is 6.71. The molecule has 0 aromatic heterocycles. The van der Waals surface area contributed by atoms with Crippen molar-refractivity contribution in [1.29, 1.82) is 0 Å². The van der Waals surface area contributed by atoms with E-state index in [9.17, 15) is 4.79 Å².